The highest BCUT2D eigenvalue weighted by Gasteiger charge is 2.32. The van der Waals surface area contributed by atoms with Crippen LogP contribution in [0, 0.1) is 11.3 Å². The lowest BCUT2D eigenvalue weighted by molar-refractivity contribution is 0.0747. The predicted octanol–water partition coefficient (Wildman–Crippen LogP) is 2.29. The van der Waals surface area contributed by atoms with Crippen molar-refractivity contribution in [3.63, 3.8) is 0 Å². The van der Waals surface area contributed by atoms with Crippen molar-refractivity contribution >= 4 is 23.3 Å². The first-order valence-electron chi connectivity index (χ1n) is 6.19. The van der Waals surface area contributed by atoms with Gasteiger partial charge in [0.05, 0.1) is 12.5 Å². The van der Waals surface area contributed by atoms with Crippen LogP contribution in [-0.4, -0.2) is 35.4 Å². The fourth-order valence-corrected chi connectivity index (χ4v) is 2.13. The number of nitrogens with one attached hydrogen (secondary N) is 1. The summed E-state index contributed by atoms with van der Waals surface area (Å²) in [4.78, 5) is 18.3. The van der Waals surface area contributed by atoms with Crippen molar-refractivity contribution in [2.24, 2.45) is 0 Å². The maximum atomic E-state index is 12.5. The summed E-state index contributed by atoms with van der Waals surface area (Å²) in [5.41, 5.74) is 0.509. The molecule has 1 N–H and O–H groups in total. The van der Waals surface area contributed by atoms with Crippen LogP contribution in [0.4, 0.5) is 5.82 Å². The van der Waals surface area contributed by atoms with E-state index in [4.69, 9.17) is 16.9 Å². The molecule has 0 bridgehead atoms. The molecule has 0 spiro atoms. The maximum absolute atomic E-state index is 12.5. The fourth-order valence-electron chi connectivity index (χ4n) is 1.92. The molecule has 1 saturated carbocycles. The van der Waals surface area contributed by atoms with Crippen LogP contribution >= 0.6 is 11.6 Å². The number of hydrogen-bond acceptors (Lipinski definition) is 4. The number of pyridine rings is 1. The van der Waals surface area contributed by atoms with E-state index in [1.165, 1.54) is 0 Å². The van der Waals surface area contributed by atoms with Gasteiger partial charge in [0.15, 0.2) is 0 Å². The van der Waals surface area contributed by atoms with Gasteiger partial charge in [-0.2, -0.15) is 5.26 Å². The van der Waals surface area contributed by atoms with Gasteiger partial charge >= 0.3 is 0 Å². The number of nitrogens with zero attached hydrogens (tertiary/aromatic N) is 3. The SMILES string of the molecule is CNc1cc(C(=O)N(CCC#N)C2CC2)cc(Cl)n1. The molecule has 0 saturated heterocycles. The molecule has 1 aliphatic rings. The van der Waals surface area contributed by atoms with E-state index in [1.807, 2.05) is 0 Å². The molecule has 0 atom stereocenters. The Morgan fingerprint density at radius 2 is 2.37 bits per heavy atom. The Morgan fingerprint density at radius 3 is 2.95 bits per heavy atom. The minimum absolute atomic E-state index is 0.0847. The van der Waals surface area contributed by atoms with Crippen LogP contribution in [0.3, 0.4) is 0 Å². The highest BCUT2D eigenvalue weighted by molar-refractivity contribution is 6.29. The molecule has 1 heterocycles. The van der Waals surface area contributed by atoms with Crippen molar-refractivity contribution in [1.82, 2.24) is 9.88 Å². The molecule has 1 aromatic heterocycles. The average Bonchev–Trinajstić information content (AvgIpc) is 3.22. The smallest absolute Gasteiger partial charge is 0.254 e. The van der Waals surface area contributed by atoms with Crippen molar-refractivity contribution in [3.8, 4) is 6.07 Å². The van der Waals surface area contributed by atoms with Gasteiger partial charge in [-0.1, -0.05) is 11.6 Å². The van der Waals surface area contributed by atoms with E-state index in [9.17, 15) is 4.79 Å². The summed E-state index contributed by atoms with van der Waals surface area (Å²) in [6.45, 7) is 0.467. The van der Waals surface area contributed by atoms with Crippen LogP contribution in [0.5, 0.6) is 0 Å². The fraction of sp³-hybridized carbons (Fsp3) is 0.462. The number of rotatable bonds is 5. The molecule has 19 heavy (non-hydrogen) atoms. The monoisotopic (exact) mass is 278 g/mol. The van der Waals surface area contributed by atoms with Gasteiger partial charge in [-0.05, 0) is 25.0 Å². The summed E-state index contributed by atoms with van der Waals surface area (Å²) in [6, 6.07) is 5.58. The summed E-state index contributed by atoms with van der Waals surface area (Å²) < 4.78 is 0. The number of halogens is 1. The maximum Gasteiger partial charge on any atom is 0.254 e. The van der Waals surface area contributed by atoms with E-state index in [0.29, 0.717) is 24.3 Å². The third kappa shape index (κ3) is 3.36. The number of carbonyl (C=O) groups is 1. The molecule has 0 aliphatic heterocycles. The van der Waals surface area contributed by atoms with Crippen LogP contribution < -0.4 is 5.32 Å². The number of hydrogen-bond donors (Lipinski definition) is 1. The third-order valence-electron chi connectivity index (χ3n) is 3.01. The minimum atomic E-state index is -0.0847. The first kappa shape index (κ1) is 13.6. The number of nitriles is 1. The van der Waals surface area contributed by atoms with Gasteiger partial charge in [-0.3, -0.25) is 4.79 Å². The van der Waals surface area contributed by atoms with Crippen molar-refractivity contribution in [2.75, 3.05) is 18.9 Å². The zero-order valence-corrected chi connectivity index (χ0v) is 11.4. The zero-order chi connectivity index (χ0) is 13.8. The van der Waals surface area contributed by atoms with E-state index >= 15 is 0 Å². The summed E-state index contributed by atoms with van der Waals surface area (Å²) in [6.07, 6.45) is 2.36. The second-order valence-corrected chi connectivity index (χ2v) is 4.84. The lowest BCUT2D eigenvalue weighted by Gasteiger charge is -2.21. The summed E-state index contributed by atoms with van der Waals surface area (Å²) in [7, 11) is 1.72. The lowest BCUT2D eigenvalue weighted by atomic mass is 10.2. The van der Waals surface area contributed by atoms with E-state index in [2.05, 4.69) is 16.4 Å². The Kier molecular flexibility index (Phi) is 4.23. The Morgan fingerprint density at radius 1 is 1.63 bits per heavy atom. The highest BCUT2D eigenvalue weighted by Crippen LogP contribution is 2.29. The van der Waals surface area contributed by atoms with Crippen LogP contribution in [-0.2, 0) is 0 Å². The van der Waals surface area contributed by atoms with Gasteiger partial charge in [-0.15, -0.1) is 0 Å². The van der Waals surface area contributed by atoms with E-state index in [-0.39, 0.29) is 17.1 Å². The molecule has 1 aliphatic carbocycles. The number of aromatic nitrogens is 1. The van der Waals surface area contributed by atoms with E-state index in [1.54, 1.807) is 24.1 Å². The highest BCUT2D eigenvalue weighted by atomic mass is 35.5. The van der Waals surface area contributed by atoms with Gasteiger partial charge in [0, 0.05) is 25.2 Å². The molecule has 5 nitrogen and oxygen atoms in total. The van der Waals surface area contributed by atoms with Gasteiger partial charge in [-0.25, -0.2) is 4.98 Å². The molecule has 2 rings (SSSR count). The molecule has 6 heteroatoms. The zero-order valence-electron chi connectivity index (χ0n) is 10.7. The molecule has 1 aromatic rings. The third-order valence-corrected chi connectivity index (χ3v) is 3.20. The largest absolute Gasteiger partial charge is 0.373 e. The van der Waals surface area contributed by atoms with Crippen molar-refractivity contribution in [3.05, 3.63) is 22.8 Å². The summed E-state index contributed by atoms with van der Waals surface area (Å²) >= 11 is 5.90. The molecule has 1 amide bonds. The second-order valence-electron chi connectivity index (χ2n) is 4.45. The van der Waals surface area contributed by atoms with Crippen LogP contribution in [0.2, 0.25) is 5.15 Å². The Bertz CT molecular complexity index is 522. The Labute approximate surface area is 117 Å². The molecular formula is C13H15ClN4O. The first-order valence-corrected chi connectivity index (χ1v) is 6.56. The van der Waals surface area contributed by atoms with E-state index in [0.717, 1.165) is 12.8 Å². The van der Waals surface area contributed by atoms with Crippen LogP contribution in [0.15, 0.2) is 12.1 Å². The quantitative estimate of drug-likeness (QED) is 0.839. The normalized spacial score (nSPS) is 13.7. The molecule has 1 fully saturated rings. The van der Waals surface area contributed by atoms with Crippen LogP contribution in [0.25, 0.3) is 0 Å². The molecule has 100 valence electrons. The molecule has 0 unspecified atom stereocenters. The molecule has 0 radical (unpaired) electrons. The predicted molar refractivity (Wildman–Crippen MR) is 73.1 cm³/mol. The molecular weight excluding hydrogens is 264 g/mol. The Balaban J connectivity index is 2.21. The van der Waals surface area contributed by atoms with Crippen molar-refractivity contribution in [2.45, 2.75) is 25.3 Å². The van der Waals surface area contributed by atoms with Gasteiger partial charge in [0.1, 0.15) is 11.0 Å². The number of carbonyl (C=O) groups excluding carboxylic acids is 1. The van der Waals surface area contributed by atoms with Gasteiger partial charge in [0.2, 0.25) is 0 Å². The number of anilines is 1. The van der Waals surface area contributed by atoms with Crippen LogP contribution in [0.1, 0.15) is 29.6 Å². The minimum Gasteiger partial charge on any atom is -0.373 e. The standard InChI is InChI=1S/C13H15ClN4O/c1-16-12-8-9(7-11(14)17-12)13(19)18(6-2-5-15)10-3-4-10/h7-8,10H,2-4,6H2,1H3,(H,16,17). The number of amides is 1. The topological polar surface area (TPSA) is 69.0 Å². The Hall–Kier alpha value is -1.80. The molecule has 0 aromatic carbocycles. The lowest BCUT2D eigenvalue weighted by Crippen LogP contribution is -2.34. The average molecular weight is 279 g/mol. The van der Waals surface area contributed by atoms with Crippen molar-refractivity contribution < 1.29 is 4.79 Å². The van der Waals surface area contributed by atoms with E-state index < -0.39 is 0 Å². The van der Waals surface area contributed by atoms with Gasteiger partial charge < -0.3 is 10.2 Å². The summed E-state index contributed by atoms with van der Waals surface area (Å²) in [5.74, 6) is 0.477. The van der Waals surface area contributed by atoms with Gasteiger partial charge in [0.25, 0.3) is 5.91 Å². The second kappa shape index (κ2) is 5.89. The first-order chi connectivity index (χ1) is 9.15. The van der Waals surface area contributed by atoms with Crippen molar-refractivity contribution in [1.29, 1.82) is 5.26 Å². The summed E-state index contributed by atoms with van der Waals surface area (Å²) in [5, 5.41) is 11.8.